The average molecular weight is 224 g/mol. The molecule has 1 aromatic heterocycles. The normalized spacial score (nSPS) is 21.3. The summed E-state index contributed by atoms with van der Waals surface area (Å²) in [6.45, 7) is 3.49. The highest BCUT2D eigenvalue weighted by molar-refractivity contribution is 7.10. The van der Waals surface area contributed by atoms with Crippen molar-refractivity contribution in [2.24, 2.45) is 0 Å². The van der Waals surface area contributed by atoms with Gasteiger partial charge in [0.2, 0.25) is 5.91 Å². The minimum atomic E-state index is 0.115. The van der Waals surface area contributed by atoms with Gasteiger partial charge in [0.1, 0.15) is 6.17 Å². The molecule has 0 radical (unpaired) electrons. The highest BCUT2D eigenvalue weighted by Crippen LogP contribution is 2.26. The molecule has 1 aromatic rings. The Kier molecular flexibility index (Phi) is 3.38. The van der Waals surface area contributed by atoms with Gasteiger partial charge in [-0.15, -0.1) is 11.3 Å². The smallest absolute Gasteiger partial charge is 0.238 e. The molecule has 1 aliphatic heterocycles. The molecule has 1 unspecified atom stereocenters. The Morgan fingerprint density at radius 3 is 3.20 bits per heavy atom. The topological polar surface area (TPSA) is 32.3 Å². The summed E-state index contributed by atoms with van der Waals surface area (Å²) in [6, 6.07) is 4.11. The first kappa shape index (κ1) is 10.6. The van der Waals surface area contributed by atoms with Crippen LogP contribution in [0.25, 0.3) is 0 Å². The number of carbonyl (C=O) groups is 1. The van der Waals surface area contributed by atoms with Crippen molar-refractivity contribution in [3.63, 3.8) is 0 Å². The van der Waals surface area contributed by atoms with Crippen molar-refractivity contribution in [3.05, 3.63) is 22.4 Å². The van der Waals surface area contributed by atoms with Crippen LogP contribution in [0.4, 0.5) is 0 Å². The first-order valence-corrected chi connectivity index (χ1v) is 6.27. The van der Waals surface area contributed by atoms with Gasteiger partial charge in [-0.05, 0) is 17.9 Å². The maximum absolute atomic E-state index is 11.7. The molecule has 1 amide bonds. The van der Waals surface area contributed by atoms with Crippen LogP contribution in [0.1, 0.15) is 30.8 Å². The molecular formula is C11H16N2OS. The summed E-state index contributed by atoms with van der Waals surface area (Å²) in [6.07, 6.45) is 2.32. The van der Waals surface area contributed by atoms with E-state index in [1.54, 1.807) is 11.3 Å². The largest absolute Gasteiger partial charge is 0.321 e. The van der Waals surface area contributed by atoms with Crippen LogP contribution in [0.15, 0.2) is 17.5 Å². The van der Waals surface area contributed by atoms with Gasteiger partial charge < -0.3 is 4.90 Å². The van der Waals surface area contributed by atoms with Crippen LogP contribution in [0.5, 0.6) is 0 Å². The monoisotopic (exact) mass is 224 g/mol. The Hall–Kier alpha value is -0.870. The molecule has 0 saturated carbocycles. The second-order valence-electron chi connectivity index (χ2n) is 3.74. The molecule has 0 aromatic carbocycles. The van der Waals surface area contributed by atoms with Gasteiger partial charge in [0.15, 0.2) is 0 Å². The molecule has 15 heavy (non-hydrogen) atoms. The van der Waals surface area contributed by atoms with Gasteiger partial charge >= 0.3 is 0 Å². The molecular weight excluding hydrogens is 208 g/mol. The number of thiophene rings is 1. The fraction of sp³-hybridized carbons (Fsp3) is 0.545. The third-order valence-corrected chi connectivity index (χ3v) is 3.57. The Morgan fingerprint density at radius 2 is 2.53 bits per heavy atom. The minimum Gasteiger partial charge on any atom is -0.321 e. The molecule has 0 aliphatic carbocycles. The number of rotatable bonds is 4. The lowest BCUT2D eigenvalue weighted by Gasteiger charge is -2.23. The lowest BCUT2D eigenvalue weighted by Crippen LogP contribution is -2.30. The quantitative estimate of drug-likeness (QED) is 0.848. The first-order valence-electron chi connectivity index (χ1n) is 5.39. The van der Waals surface area contributed by atoms with E-state index in [1.165, 1.54) is 4.88 Å². The number of nitrogens with one attached hydrogen (secondary N) is 1. The number of hydrogen-bond donors (Lipinski definition) is 1. The molecule has 0 bridgehead atoms. The van der Waals surface area contributed by atoms with Crippen LogP contribution in [0.3, 0.4) is 0 Å². The van der Waals surface area contributed by atoms with Gasteiger partial charge in [0.25, 0.3) is 0 Å². The predicted molar refractivity (Wildman–Crippen MR) is 61.7 cm³/mol. The van der Waals surface area contributed by atoms with Gasteiger partial charge in [0.05, 0.1) is 6.54 Å². The van der Waals surface area contributed by atoms with E-state index in [2.05, 4.69) is 23.7 Å². The molecule has 1 fully saturated rings. The molecule has 2 rings (SSSR count). The van der Waals surface area contributed by atoms with Gasteiger partial charge in [-0.25, -0.2) is 0 Å². The first-order chi connectivity index (χ1) is 7.33. The SMILES string of the molecule is CCCCN1C(=O)CNC1c1cccs1. The minimum absolute atomic E-state index is 0.115. The number of nitrogens with zero attached hydrogens (tertiary/aromatic N) is 1. The summed E-state index contributed by atoms with van der Waals surface area (Å²) in [5.41, 5.74) is 0. The van der Waals surface area contributed by atoms with Gasteiger partial charge in [0, 0.05) is 11.4 Å². The van der Waals surface area contributed by atoms with Crippen LogP contribution in [-0.2, 0) is 4.79 Å². The average Bonchev–Trinajstić information content (AvgIpc) is 2.84. The van der Waals surface area contributed by atoms with E-state index in [4.69, 9.17) is 0 Å². The van der Waals surface area contributed by atoms with E-state index in [0.29, 0.717) is 6.54 Å². The highest BCUT2D eigenvalue weighted by atomic mass is 32.1. The van der Waals surface area contributed by atoms with Crippen molar-refractivity contribution >= 4 is 17.2 Å². The van der Waals surface area contributed by atoms with Crippen molar-refractivity contribution in [1.82, 2.24) is 10.2 Å². The van der Waals surface area contributed by atoms with Crippen LogP contribution in [0, 0.1) is 0 Å². The van der Waals surface area contributed by atoms with E-state index in [-0.39, 0.29) is 12.1 Å². The molecule has 3 nitrogen and oxygen atoms in total. The second-order valence-corrected chi connectivity index (χ2v) is 4.72. The second kappa shape index (κ2) is 4.77. The fourth-order valence-corrected chi connectivity index (χ4v) is 2.63. The number of unbranched alkanes of at least 4 members (excludes halogenated alkanes) is 1. The number of hydrogen-bond acceptors (Lipinski definition) is 3. The zero-order valence-electron chi connectivity index (χ0n) is 8.90. The van der Waals surface area contributed by atoms with Gasteiger partial charge in [-0.3, -0.25) is 10.1 Å². The van der Waals surface area contributed by atoms with Crippen LogP contribution < -0.4 is 5.32 Å². The molecule has 1 saturated heterocycles. The van der Waals surface area contributed by atoms with Crippen molar-refractivity contribution in [3.8, 4) is 0 Å². The highest BCUT2D eigenvalue weighted by Gasteiger charge is 2.31. The summed E-state index contributed by atoms with van der Waals surface area (Å²) in [5, 5.41) is 5.31. The Labute approximate surface area is 94.1 Å². The molecule has 82 valence electrons. The predicted octanol–water partition coefficient (Wildman–Crippen LogP) is 1.98. The third-order valence-electron chi connectivity index (χ3n) is 2.64. The molecule has 4 heteroatoms. The lowest BCUT2D eigenvalue weighted by molar-refractivity contribution is -0.128. The van der Waals surface area contributed by atoms with Crippen LogP contribution >= 0.6 is 11.3 Å². The number of amides is 1. The summed E-state index contributed by atoms with van der Waals surface area (Å²) in [7, 11) is 0. The Balaban J connectivity index is 2.07. The molecule has 1 aliphatic rings. The maximum Gasteiger partial charge on any atom is 0.238 e. The van der Waals surface area contributed by atoms with Gasteiger partial charge in [-0.2, -0.15) is 0 Å². The van der Waals surface area contributed by atoms with Gasteiger partial charge in [-0.1, -0.05) is 19.4 Å². The maximum atomic E-state index is 11.7. The lowest BCUT2D eigenvalue weighted by atomic mass is 10.3. The van der Waals surface area contributed by atoms with Crippen molar-refractivity contribution < 1.29 is 4.79 Å². The van der Waals surface area contributed by atoms with E-state index in [9.17, 15) is 4.79 Å². The molecule has 1 N–H and O–H groups in total. The van der Waals surface area contributed by atoms with Crippen LogP contribution in [0.2, 0.25) is 0 Å². The summed E-state index contributed by atoms with van der Waals surface area (Å²) < 4.78 is 0. The Bertz CT molecular complexity index is 323. The van der Waals surface area contributed by atoms with Crippen molar-refractivity contribution in [1.29, 1.82) is 0 Å². The zero-order chi connectivity index (χ0) is 10.7. The van der Waals surface area contributed by atoms with Crippen molar-refractivity contribution in [2.75, 3.05) is 13.1 Å². The summed E-state index contributed by atoms with van der Waals surface area (Å²) in [4.78, 5) is 14.8. The fourth-order valence-electron chi connectivity index (χ4n) is 1.82. The van der Waals surface area contributed by atoms with Crippen molar-refractivity contribution in [2.45, 2.75) is 25.9 Å². The van der Waals surface area contributed by atoms with E-state index >= 15 is 0 Å². The molecule has 2 heterocycles. The summed E-state index contributed by atoms with van der Waals surface area (Å²) >= 11 is 1.70. The molecule has 1 atom stereocenters. The number of carbonyl (C=O) groups excluding carboxylic acids is 1. The molecule has 0 spiro atoms. The van der Waals surface area contributed by atoms with E-state index in [1.807, 2.05) is 11.0 Å². The Morgan fingerprint density at radius 1 is 1.67 bits per heavy atom. The third kappa shape index (κ3) is 2.21. The zero-order valence-corrected chi connectivity index (χ0v) is 9.72. The van der Waals surface area contributed by atoms with E-state index in [0.717, 1.165) is 19.4 Å². The standard InChI is InChI=1S/C11H16N2OS/c1-2-3-6-13-10(14)8-12-11(13)9-5-4-7-15-9/h4-5,7,11-12H,2-3,6,8H2,1H3. The summed E-state index contributed by atoms with van der Waals surface area (Å²) in [5.74, 6) is 0.224. The van der Waals surface area contributed by atoms with E-state index < -0.39 is 0 Å². The van der Waals surface area contributed by atoms with Crippen LogP contribution in [-0.4, -0.2) is 23.9 Å².